The zero-order valence-corrected chi connectivity index (χ0v) is 16.3. The van der Waals surface area contributed by atoms with E-state index in [9.17, 15) is 4.79 Å². The molecule has 1 amide bonds. The zero-order valence-electron chi connectivity index (χ0n) is 16.3. The van der Waals surface area contributed by atoms with Gasteiger partial charge in [0.25, 0.3) is 0 Å². The first-order valence-corrected chi connectivity index (χ1v) is 9.82. The monoisotopic (exact) mass is 375 g/mol. The van der Waals surface area contributed by atoms with Crippen LogP contribution in [-0.2, 0) is 11.2 Å². The van der Waals surface area contributed by atoms with E-state index in [1.54, 1.807) is 12.4 Å². The van der Waals surface area contributed by atoms with Gasteiger partial charge >= 0.3 is 0 Å². The van der Waals surface area contributed by atoms with Gasteiger partial charge in [-0.1, -0.05) is 26.0 Å². The quantitative estimate of drug-likeness (QED) is 0.682. The molecule has 0 radical (unpaired) electrons. The molecule has 1 atom stereocenters. The van der Waals surface area contributed by atoms with Crippen LogP contribution in [0.2, 0.25) is 0 Å². The molecular weight excluding hydrogens is 350 g/mol. The number of carbonyl (C=O) groups excluding carboxylic acids is 1. The van der Waals surface area contributed by atoms with E-state index in [1.165, 1.54) is 0 Å². The Morgan fingerprint density at radius 1 is 1.21 bits per heavy atom. The summed E-state index contributed by atoms with van der Waals surface area (Å²) in [5.41, 5.74) is 1.89. The Balaban J connectivity index is 1.58. The lowest BCUT2D eigenvalue weighted by molar-refractivity contribution is -0.131. The largest absolute Gasteiger partial charge is 0.334 e. The summed E-state index contributed by atoms with van der Waals surface area (Å²) in [6, 6.07) is 9.87. The second-order valence-electron chi connectivity index (χ2n) is 7.51. The highest BCUT2D eigenvalue weighted by atomic mass is 16.2. The third-order valence-corrected chi connectivity index (χ3v) is 5.18. The number of rotatable bonds is 5. The van der Waals surface area contributed by atoms with Crippen LogP contribution in [0.1, 0.15) is 55.7 Å². The summed E-state index contributed by atoms with van der Waals surface area (Å²) >= 11 is 0. The van der Waals surface area contributed by atoms with Gasteiger partial charge in [0.1, 0.15) is 11.6 Å². The van der Waals surface area contributed by atoms with Gasteiger partial charge in [-0.05, 0) is 36.6 Å². The molecule has 6 heteroatoms. The van der Waals surface area contributed by atoms with Crippen molar-refractivity contribution in [2.75, 3.05) is 6.54 Å². The first-order chi connectivity index (χ1) is 13.6. The van der Waals surface area contributed by atoms with Gasteiger partial charge in [-0.15, -0.1) is 0 Å². The average molecular weight is 375 g/mol. The maximum absolute atomic E-state index is 12.9. The summed E-state index contributed by atoms with van der Waals surface area (Å²) in [4.78, 5) is 28.3. The Morgan fingerprint density at radius 3 is 2.89 bits per heavy atom. The SMILES string of the molecule is CC(C)c1nccn1-c1cccc([C@@H]2CCCN2C(=O)Cc2cccnc2)n1. The molecule has 3 aromatic rings. The summed E-state index contributed by atoms with van der Waals surface area (Å²) < 4.78 is 2.03. The normalized spacial score (nSPS) is 16.7. The predicted molar refractivity (Wildman–Crippen MR) is 107 cm³/mol. The molecule has 144 valence electrons. The maximum atomic E-state index is 12.9. The summed E-state index contributed by atoms with van der Waals surface area (Å²) in [6.07, 6.45) is 9.55. The van der Waals surface area contributed by atoms with Crippen LogP contribution in [0.15, 0.2) is 55.1 Å². The molecule has 4 rings (SSSR count). The van der Waals surface area contributed by atoms with Crippen LogP contribution in [0.3, 0.4) is 0 Å². The van der Waals surface area contributed by atoms with E-state index in [0.717, 1.165) is 42.3 Å². The van der Waals surface area contributed by atoms with Gasteiger partial charge in [0, 0.05) is 37.3 Å². The molecule has 1 fully saturated rings. The molecule has 0 unspecified atom stereocenters. The maximum Gasteiger partial charge on any atom is 0.227 e. The fraction of sp³-hybridized carbons (Fsp3) is 0.364. The number of pyridine rings is 2. The number of hydrogen-bond acceptors (Lipinski definition) is 4. The molecule has 0 aromatic carbocycles. The average Bonchev–Trinajstić information content (AvgIpc) is 3.39. The van der Waals surface area contributed by atoms with Crippen molar-refractivity contribution in [3.63, 3.8) is 0 Å². The summed E-state index contributed by atoms with van der Waals surface area (Å²) in [5, 5.41) is 0. The molecule has 0 aliphatic carbocycles. The Morgan fingerprint density at radius 2 is 2.11 bits per heavy atom. The topological polar surface area (TPSA) is 63.9 Å². The van der Waals surface area contributed by atoms with Crippen molar-refractivity contribution in [3.05, 3.63) is 72.2 Å². The van der Waals surface area contributed by atoms with Crippen molar-refractivity contribution >= 4 is 5.91 Å². The van der Waals surface area contributed by atoms with Crippen molar-refractivity contribution in [1.82, 2.24) is 24.4 Å². The number of imidazole rings is 1. The minimum Gasteiger partial charge on any atom is -0.334 e. The van der Waals surface area contributed by atoms with Crippen molar-refractivity contribution < 1.29 is 4.79 Å². The summed E-state index contributed by atoms with van der Waals surface area (Å²) in [5.74, 6) is 2.28. The number of hydrogen-bond donors (Lipinski definition) is 0. The lowest BCUT2D eigenvalue weighted by Gasteiger charge is -2.25. The molecule has 28 heavy (non-hydrogen) atoms. The van der Waals surface area contributed by atoms with Gasteiger partial charge < -0.3 is 4.90 Å². The van der Waals surface area contributed by atoms with Gasteiger partial charge in [0.15, 0.2) is 0 Å². The van der Waals surface area contributed by atoms with E-state index in [-0.39, 0.29) is 11.9 Å². The van der Waals surface area contributed by atoms with Crippen LogP contribution in [0.4, 0.5) is 0 Å². The molecule has 1 aliphatic heterocycles. The van der Waals surface area contributed by atoms with Crippen LogP contribution in [0.5, 0.6) is 0 Å². The second-order valence-corrected chi connectivity index (χ2v) is 7.51. The minimum atomic E-state index is 0.0233. The Kier molecular flexibility index (Phi) is 5.19. The Labute approximate surface area is 165 Å². The summed E-state index contributed by atoms with van der Waals surface area (Å²) in [7, 11) is 0. The summed E-state index contributed by atoms with van der Waals surface area (Å²) in [6.45, 7) is 5.02. The van der Waals surface area contributed by atoms with Crippen LogP contribution in [0.25, 0.3) is 5.82 Å². The lowest BCUT2D eigenvalue weighted by Crippen LogP contribution is -2.32. The second kappa shape index (κ2) is 7.92. The standard InChI is InChI=1S/C22H25N5O/c1-16(2)22-24-11-13-27(22)20-9-3-7-18(25-20)19-8-5-12-26(19)21(28)14-17-6-4-10-23-15-17/h3-4,6-7,9-11,13,15-16,19H,5,8,12,14H2,1-2H3/t19-/m0/s1. The van der Waals surface area contributed by atoms with Crippen LogP contribution in [-0.4, -0.2) is 36.9 Å². The first-order valence-electron chi connectivity index (χ1n) is 9.82. The van der Waals surface area contributed by atoms with Crippen molar-refractivity contribution in [1.29, 1.82) is 0 Å². The fourth-order valence-corrected chi connectivity index (χ4v) is 3.85. The van der Waals surface area contributed by atoms with E-state index in [0.29, 0.717) is 12.3 Å². The zero-order chi connectivity index (χ0) is 19.5. The molecule has 1 saturated heterocycles. The van der Waals surface area contributed by atoms with E-state index < -0.39 is 0 Å². The van der Waals surface area contributed by atoms with Crippen LogP contribution in [0, 0.1) is 0 Å². The number of amides is 1. The third kappa shape index (κ3) is 3.67. The highest BCUT2D eigenvalue weighted by molar-refractivity contribution is 5.79. The molecular formula is C22H25N5O. The van der Waals surface area contributed by atoms with Gasteiger partial charge in [-0.3, -0.25) is 14.3 Å². The molecule has 0 bridgehead atoms. The van der Waals surface area contributed by atoms with E-state index in [4.69, 9.17) is 4.98 Å². The Bertz CT molecular complexity index is 950. The predicted octanol–water partition coefficient (Wildman–Crippen LogP) is 3.69. The molecule has 0 N–H and O–H groups in total. The number of nitrogens with zero attached hydrogens (tertiary/aromatic N) is 5. The van der Waals surface area contributed by atoms with E-state index in [2.05, 4.69) is 23.8 Å². The van der Waals surface area contributed by atoms with Gasteiger partial charge in [0.05, 0.1) is 18.2 Å². The lowest BCUT2D eigenvalue weighted by atomic mass is 10.1. The fourth-order valence-electron chi connectivity index (χ4n) is 3.85. The van der Waals surface area contributed by atoms with E-state index in [1.807, 2.05) is 52.2 Å². The third-order valence-electron chi connectivity index (χ3n) is 5.18. The van der Waals surface area contributed by atoms with Gasteiger partial charge in [-0.25, -0.2) is 9.97 Å². The van der Waals surface area contributed by atoms with Crippen molar-refractivity contribution in [2.45, 2.75) is 45.1 Å². The van der Waals surface area contributed by atoms with Crippen LogP contribution >= 0.6 is 0 Å². The molecule has 0 saturated carbocycles. The Hall–Kier alpha value is -3.02. The number of carbonyl (C=O) groups is 1. The first kappa shape index (κ1) is 18.3. The minimum absolute atomic E-state index is 0.0233. The smallest absolute Gasteiger partial charge is 0.227 e. The highest BCUT2D eigenvalue weighted by Gasteiger charge is 2.31. The van der Waals surface area contributed by atoms with Gasteiger partial charge in [0.2, 0.25) is 5.91 Å². The molecule has 6 nitrogen and oxygen atoms in total. The molecule has 3 aromatic heterocycles. The molecule has 0 spiro atoms. The number of aromatic nitrogens is 4. The number of likely N-dealkylation sites (tertiary alicyclic amines) is 1. The highest BCUT2D eigenvalue weighted by Crippen LogP contribution is 2.32. The molecule has 1 aliphatic rings. The van der Waals surface area contributed by atoms with Crippen molar-refractivity contribution in [3.8, 4) is 5.82 Å². The van der Waals surface area contributed by atoms with Crippen LogP contribution < -0.4 is 0 Å². The van der Waals surface area contributed by atoms with E-state index >= 15 is 0 Å². The van der Waals surface area contributed by atoms with Gasteiger partial charge in [-0.2, -0.15) is 0 Å². The van der Waals surface area contributed by atoms with Crippen molar-refractivity contribution in [2.24, 2.45) is 0 Å². The molecule has 4 heterocycles.